The molecule has 7 rings (SSSR count). The highest BCUT2D eigenvalue weighted by Gasteiger charge is 2.52. The number of hydrogen-bond acceptors (Lipinski definition) is 9. The van der Waals surface area contributed by atoms with Gasteiger partial charge in [0, 0.05) is 0 Å². The van der Waals surface area contributed by atoms with Crippen LogP contribution in [0, 0.1) is 13.8 Å². The SMILES string of the molecule is Cc1ccc(S(=O)(=O)N2c3ccc4c(c3-c3c(ccc5c3OCO5)N(S(=O)(=O)c3ccc(C)cc3)P2(O)=S)OCO4)cc1. The number of aryl methyl sites for hydroxylation is 2. The number of sulfonamides is 2. The highest BCUT2D eigenvalue weighted by molar-refractivity contribution is 8.24. The number of benzene rings is 4. The third-order valence-electron chi connectivity index (χ3n) is 7.26. The van der Waals surface area contributed by atoms with Crippen LogP contribution < -0.4 is 27.1 Å². The lowest BCUT2D eigenvalue weighted by Crippen LogP contribution is -2.38. The summed E-state index contributed by atoms with van der Waals surface area (Å²) < 4.78 is 82.3. The minimum Gasteiger partial charge on any atom is -0.454 e. The molecule has 0 aromatic heterocycles. The van der Waals surface area contributed by atoms with Gasteiger partial charge in [-0.15, -0.1) is 0 Å². The largest absolute Gasteiger partial charge is 0.454 e. The minimum atomic E-state index is -4.83. The van der Waals surface area contributed by atoms with Crippen molar-refractivity contribution in [2.45, 2.75) is 23.6 Å². The van der Waals surface area contributed by atoms with E-state index in [1.807, 2.05) is 0 Å². The fraction of sp³-hybridized carbons (Fsp3) is 0.143. The van der Waals surface area contributed by atoms with Gasteiger partial charge in [0.1, 0.15) is 0 Å². The molecule has 3 aliphatic rings. The van der Waals surface area contributed by atoms with E-state index >= 15 is 0 Å². The normalized spacial score (nSPS) is 16.4. The zero-order valence-electron chi connectivity index (χ0n) is 22.6. The van der Waals surface area contributed by atoms with Gasteiger partial charge >= 0.3 is 0 Å². The van der Waals surface area contributed by atoms with Crippen molar-refractivity contribution in [2.75, 3.05) is 21.7 Å². The second-order valence-corrected chi connectivity index (χ2v) is 17.4. The van der Waals surface area contributed by atoms with Crippen molar-refractivity contribution in [3.8, 4) is 34.1 Å². The Balaban J connectivity index is 1.63. The molecule has 0 spiro atoms. The van der Waals surface area contributed by atoms with Gasteiger partial charge in [0.25, 0.3) is 26.6 Å². The summed E-state index contributed by atoms with van der Waals surface area (Å²) in [7, 11) is -9.40. The van der Waals surface area contributed by atoms with Gasteiger partial charge in [-0.2, -0.15) is 8.15 Å². The molecule has 0 fully saturated rings. The second kappa shape index (κ2) is 9.60. The molecule has 43 heavy (non-hydrogen) atoms. The molecule has 0 saturated carbocycles. The molecule has 3 aliphatic heterocycles. The summed E-state index contributed by atoms with van der Waals surface area (Å²) in [4.78, 5) is 12.0. The Bertz CT molecular complexity index is 1940. The van der Waals surface area contributed by atoms with Crippen LogP contribution in [0.15, 0.2) is 82.6 Å². The van der Waals surface area contributed by atoms with Crippen molar-refractivity contribution in [1.82, 2.24) is 0 Å². The first-order valence-corrected chi connectivity index (χ1v) is 18.4. The zero-order valence-corrected chi connectivity index (χ0v) is 26.0. The Morgan fingerprint density at radius 3 is 1.37 bits per heavy atom. The summed E-state index contributed by atoms with van der Waals surface area (Å²) in [6.45, 7) is -1.58. The smallest absolute Gasteiger partial charge is 0.279 e. The molecule has 1 N–H and O–H groups in total. The summed E-state index contributed by atoms with van der Waals surface area (Å²) in [6.07, 6.45) is 0. The van der Waals surface area contributed by atoms with Crippen LogP contribution in [-0.4, -0.2) is 35.3 Å². The maximum atomic E-state index is 14.5. The van der Waals surface area contributed by atoms with Crippen LogP contribution in [-0.2, 0) is 31.9 Å². The van der Waals surface area contributed by atoms with Crippen molar-refractivity contribution in [3.63, 3.8) is 0 Å². The lowest BCUT2D eigenvalue weighted by atomic mass is 9.99. The molecule has 0 unspecified atom stereocenters. The van der Waals surface area contributed by atoms with Gasteiger partial charge in [-0.25, -0.2) is 16.8 Å². The molecule has 0 aliphatic carbocycles. The second-order valence-electron chi connectivity index (χ2n) is 10.0. The molecule has 4 aromatic rings. The van der Waals surface area contributed by atoms with Crippen LogP contribution in [0.5, 0.6) is 23.0 Å². The third kappa shape index (κ3) is 4.12. The van der Waals surface area contributed by atoms with Crippen molar-refractivity contribution in [3.05, 3.63) is 83.9 Å². The summed E-state index contributed by atoms with van der Waals surface area (Å²) in [5.74, 6) is 0.845. The quantitative estimate of drug-likeness (QED) is 0.297. The standard InChI is InChI=1S/C28H23N2O9PS3/c1-17-3-7-19(8-4-17)42(32,33)29-21-11-13-23-27(38-15-36-23)25(21)26-22(12-14-24-28(26)39-16-37-24)30(40(29,31)41)43(34,35)20-9-5-18(2)6-10-20/h3-14H,15-16H2,1-2H3,(H,31,41). The van der Waals surface area contributed by atoms with Crippen LogP contribution in [0.2, 0.25) is 0 Å². The van der Waals surface area contributed by atoms with Gasteiger partial charge in [-0.05, 0) is 74.2 Å². The molecule has 0 radical (unpaired) electrons. The Morgan fingerprint density at radius 2 is 1.00 bits per heavy atom. The maximum absolute atomic E-state index is 14.5. The predicted molar refractivity (Wildman–Crippen MR) is 162 cm³/mol. The fourth-order valence-corrected chi connectivity index (χ4v) is 14.0. The number of nitrogens with zero attached hydrogens (tertiary/aromatic N) is 2. The average Bonchev–Trinajstić information content (AvgIpc) is 3.61. The van der Waals surface area contributed by atoms with Crippen LogP contribution >= 0.6 is 6.57 Å². The summed E-state index contributed by atoms with van der Waals surface area (Å²) >= 11 is 5.80. The van der Waals surface area contributed by atoms with Gasteiger partial charge in [0.05, 0.1) is 32.3 Å². The fourth-order valence-electron chi connectivity index (χ4n) is 5.24. The van der Waals surface area contributed by atoms with Crippen molar-refractivity contribution >= 4 is 49.8 Å². The Kier molecular flexibility index (Phi) is 6.25. The van der Waals surface area contributed by atoms with Crippen LogP contribution in [0.25, 0.3) is 11.1 Å². The molecule has 3 heterocycles. The summed E-state index contributed by atoms with van der Waals surface area (Å²) in [5.41, 5.74) is 1.61. The number of rotatable bonds is 4. The number of hydrogen-bond donors (Lipinski definition) is 1. The summed E-state index contributed by atoms with van der Waals surface area (Å²) in [6, 6.07) is 17.7. The first-order valence-electron chi connectivity index (χ1n) is 12.9. The first kappa shape index (κ1) is 28.0. The lowest BCUT2D eigenvalue weighted by Gasteiger charge is -2.37. The number of fused-ring (bicyclic) bond motifs is 7. The van der Waals surface area contributed by atoms with E-state index in [2.05, 4.69) is 0 Å². The van der Waals surface area contributed by atoms with Gasteiger partial charge in [-0.1, -0.05) is 35.4 Å². The lowest BCUT2D eigenvalue weighted by molar-refractivity contribution is 0.173. The first-order chi connectivity index (χ1) is 20.4. The molecule has 4 aromatic carbocycles. The molecule has 0 bridgehead atoms. The molecule has 11 nitrogen and oxygen atoms in total. The van der Waals surface area contributed by atoms with Crippen molar-refractivity contribution in [2.24, 2.45) is 0 Å². The molecule has 222 valence electrons. The Hall–Kier alpha value is -3.81. The Morgan fingerprint density at radius 1 is 0.628 bits per heavy atom. The van der Waals surface area contributed by atoms with E-state index in [-0.39, 0.29) is 68.9 Å². The molecular formula is C28H23N2O9PS3. The predicted octanol–water partition coefficient (Wildman–Crippen LogP) is 5.05. The zero-order chi connectivity index (χ0) is 30.3. The monoisotopic (exact) mass is 658 g/mol. The number of anilines is 2. The highest BCUT2D eigenvalue weighted by Crippen LogP contribution is 2.68. The van der Waals surface area contributed by atoms with E-state index in [9.17, 15) is 21.7 Å². The van der Waals surface area contributed by atoms with Crippen LogP contribution in [0.3, 0.4) is 0 Å². The van der Waals surface area contributed by atoms with Gasteiger partial charge in [0.2, 0.25) is 13.6 Å². The van der Waals surface area contributed by atoms with E-state index in [4.69, 9.17) is 30.8 Å². The number of ether oxygens (including phenoxy) is 4. The molecule has 0 amide bonds. The average molecular weight is 659 g/mol. The minimum absolute atomic E-state index is 0.109. The van der Waals surface area contributed by atoms with Crippen molar-refractivity contribution in [1.29, 1.82) is 0 Å². The molecule has 15 heteroatoms. The van der Waals surface area contributed by atoms with Crippen molar-refractivity contribution < 1.29 is 40.7 Å². The third-order valence-corrected chi connectivity index (χ3v) is 15.9. The molecule has 0 atom stereocenters. The highest BCUT2D eigenvalue weighted by atomic mass is 32.5. The van der Waals surface area contributed by atoms with E-state index in [1.165, 1.54) is 48.5 Å². The van der Waals surface area contributed by atoms with E-state index in [1.54, 1.807) is 38.1 Å². The topological polar surface area (TPSA) is 132 Å². The van der Waals surface area contributed by atoms with Crippen LogP contribution in [0.1, 0.15) is 11.1 Å². The van der Waals surface area contributed by atoms with Gasteiger partial charge in [-0.3, -0.25) is 0 Å². The maximum Gasteiger partial charge on any atom is 0.279 e. The summed E-state index contributed by atoms with van der Waals surface area (Å²) in [5, 5.41) is 0. The van der Waals surface area contributed by atoms with E-state index in [0.29, 0.717) is 8.15 Å². The van der Waals surface area contributed by atoms with Crippen LogP contribution in [0.4, 0.5) is 11.4 Å². The molecule has 0 saturated heterocycles. The molecular weight excluding hydrogens is 635 g/mol. The van der Waals surface area contributed by atoms with Gasteiger partial charge < -0.3 is 23.8 Å². The van der Waals surface area contributed by atoms with E-state index < -0.39 is 26.6 Å². The van der Waals surface area contributed by atoms with E-state index in [0.717, 1.165) is 11.1 Å². The van der Waals surface area contributed by atoms with Gasteiger partial charge in [0.15, 0.2) is 23.0 Å². The Labute approximate surface area is 253 Å².